The smallest absolute Gasteiger partial charge is 0.338 e. The first-order valence-electron chi connectivity index (χ1n) is 6.95. The van der Waals surface area contributed by atoms with Crippen LogP contribution in [0.4, 0.5) is 5.69 Å². The van der Waals surface area contributed by atoms with Crippen LogP contribution in [0.5, 0.6) is 0 Å². The minimum absolute atomic E-state index is 0.0431. The Kier molecular flexibility index (Phi) is 4.61. The molecule has 2 rings (SSSR count). The lowest BCUT2D eigenvalue weighted by Crippen LogP contribution is -2.39. The first kappa shape index (κ1) is 14.4. The van der Waals surface area contributed by atoms with Crippen LogP contribution >= 0.6 is 0 Å². The Morgan fingerprint density at radius 2 is 2.10 bits per heavy atom. The number of nitrogens with zero attached hydrogens (tertiary/aromatic N) is 1. The summed E-state index contributed by atoms with van der Waals surface area (Å²) in [5.41, 5.74) is 1.41. The zero-order valence-corrected chi connectivity index (χ0v) is 11.9. The Hall–Kier alpha value is -2.04. The number of anilines is 1. The van der Waals surface area contributed by atoms with E-state index in [4.69, 9.17) is 4.74 Å². The minimum atomic E-state index is -0.318. The van der Waals surface area contributed by atoms with Gasteiger partial charge in [0, 0.05) is 18.7 Å². The average Bonchev–Trinajstić information content (AvgIpc) is 2.86. The molecule has 1 unspecified atom stereocenters. The highest BCUT2D eigenvalue weighted by molar-refractivity contribution is 5.89. The molecule has 1 fully saturated rings. The van der Waals surface area contributed by atoms with Crippen molar-refractivity contribution >= 4 is 17.6 Å². The zero-order chi connectivity index (χ0) is 14.5. The molecule has 20 heavy (non-hydrogen) atoms. The van der Waals surface area contributed by atoms with Crippen LogP contribution in [-0.2, 0) is 9.53 Å². The van der Waals surface area contributed by atoms with Crippen LogP contribution < -0.4 is 5.32 Å². The number of amides is 1. The molecule has 0 radical (unpaired) electrons. The molecule has 1 atom stereocenters. The van der Waals surface area contributed by atoms with Gasteiger partial charge >= 0.3 is 5.97 Å². The predicted molar refractivity (Wildman–Crippen MR) is 76.4 cm³/mol. The lowest BCUT2D eigenvalue weighted by atomic mass is 10.2. The van der Waals surface area contributed by atoms with Crippen molar-refractivity contribution in [2.45, 2.75) is 32.9 Å². The van der Waals surface area contributed by atoms with Gasteiger partial charge in [0.1, 0.15) is 0 Å². The number of esters is 1. The third-order valence-electron chi connectivity index (χ3n) is 3.35. The highest BCUT2D eigenvalue weighted by Gasteiger charge is 2.24. The molecule has 108 valence electrons. The molecule has 1 aromatic rings. The van der Waals surface area contributed by atoms with Crippen molar-refractivity contribution < 1.29 is 14.3 Å². The summed E-state index contributed by atoms with van der Waals surface area (Å²) in [4.78, 5) is 25.0. The van der Waals surface area contributed by atoms with Crippen LogP contribution in [0.1, 0.15) is 37.0 Å². The van der Waals surface area contributed by atoms with Gasteiger partial charge in [-0.05, 0) is 44.5 Å². The Morgan fingerprint density at radius 3 is 2.65 bits per heavy atom. The third kappa shape index (κ3) is 3.29. The van der Waals surface area contributed by atoms with Crippen molar-refractivity contribution in [2.24, 2.45) is 0 Å². The standard InChI is InChI=1S/C15H20N2O3/c1-3-20-15(19)12-6-8-13(9-7-12)16-11(2)17-10-4-5-14(17)18/h6-9,11,16H,3-5,10H2,1-2H3. The highest BCUT2D eigenvalue weighted by Crippen LogP contribution is 2.17. The molecule has 1 aromatic carbocycles. The molecular weight excluding hydrogens is 256 g/mol. The fraction of sp³-hybridized carbons (Fsp3) is 0.467. The monoisotopic (exact) mass is 276 g/mol. The van der Waals surface area contributed by atoms with Crippen LogP contribution in [0.15, 0.2) is 24.3 Å². The summed E-state index contributed by atoms with van der Waals surface area (Å²) >= 11 is 0. The summed E-state index contributed by atoms with van der Waals surface area (Å²) in [7, 11) is 0. The first-order chi connectivity index (χ1) is 9.61. The topological polar surface area (TPSA) is 58.6 Å². The van der Waals surface area contributed by atoms with Crippen LogP contribution in [-0.4, -0.2) is 36.1 Å². The van der Waals surface area contributed by atoms with Crippen LogP contribution in [0, 0.1) is 0 Å². The fourth-order valence-corrected chi connectivity index (χ4v) is 2.31. The van der Waals surface area contributed by atoms with Crippen LogP contribution in [0.2, 0.25) is 0 Å². The lowest BCUT2D eigenvalue weighted by molar-refractivity contribution is -0.128. The molecule has 1 saturated heterocycles. The molecule has 1 heterocycles. The molecule has 0 saturated carbocycles. The maximum atomic E-state index is 11.6. The molecule has 0 bridgehead atoms. The van der Waals surface area contributed by atoms with Crippen molar-refractivity contribution in [1.29, 1.82) is 0 Å². The van der Waals surface area contributed by atoms with Gasteiger partial charge in [0.25, 0.3) is 0 Å². The molecule has 0 aromatic heterocycles. The number of rotatable bonds is 5. The van der Waals surface area contributed by atoms with Crippen LogP contribution in [0.3, 0.4) is 0 Å². The Labute approximate surface area is 118 Å². The van der Waals surface area contributed by atoms with Crippen LogP contribution in [0.25, 0.3) is 0 Å². The number of hydrogen-bond donors (Lipinski definition) is 1. The number of nitrogens with one attached hydrogen (secondary N) is 1. The van der Waals surface area contributed by atoms with Gasteiger partial charge in [-0.1, -0.05) is 0 Å². The second kappa shape index (κ2) is 6.41. The second-order valence-corrected chi connectivity index (χ2v) is 4.81. The van der Waals surface area contributed by atoms with Gasteiger partial charge in [0.2, 0.25) is 5.91 Å². The summed E-state index contributed by atoms with van der Waals surface area (Å²) in [5.74, 6) is -0.130. The van der Waals surface area contributed by atoms with Crippen molar-refractivity contribution in [2.75, 3.05) is 18.5 Å². The van der Waals surface area contributed by atoms with E-state index in [2.05, 4.69) is 5.32 Å². The van der Waals surface area contributed by atoms with E-state index in [0.717, 1.165) is 18.7 Å². The second-order valence-electron chi connectivity index (χ2n) is 4.81. The van der Waals surface area contributed by atoms with Gasteiger partial charge in [0.15, 0.2) is 0 Å². The number of carbonyl (C=O) groups excluding carboxylic acids is 2. The van der Waals surface area contributed by atoms with Gasteiger partial charge in [-0.15, -0.1) is 0 Å². The number of carbonyl (C=O) groups is 2. The van der Waals surface area contributed by atoms with Crippen molar-refractivity contribution in [3.05, 3.63) is 29.8 Å². The van der Waals surface area contributed by atoms with Gasteiger partial charge in [-0.3, -0.25) is 4.79 Å². The van der Waals surface area contributed by atoms with Crippen molar-refractivity contribution in [3.8, 4) is 0 Å². The van der Waals surface area contributed by atoms with E-state index in [-0.39, 0.29) is 18.0 Å². The summed E-state index contributed by atoms with van der Waals surface area (Å²) in [6, 6.07) is 7.09. The van der Waals surface area contributed by atoms with E-state index < -0.39 is 0 Å². The number of benzene rings is 1. The zero-order valence-electron chi connectivity index (χ0n) is 11.9. The summed E-state index contributed by atoms with van der Waals surface area (Å²) in [5, 5.41) is 3.27. The molecule has 5 nitrogen and oxygen atoms in total. The van der Waals surface area contributed by atoms with E-state index >= 15 is 0 Å². The first-order valence-corrected chi connectivity index (χ1v) is 6.95. The maximum Gasteiger partial charge on any atom is 0.338 e. The van der Waals surface area contributed by atoms with Gasteiger partial charge in [-0.2, -0.15) is 0 Å². The maximum absolute atomic E-state index is 11.6. The number of likely N-dealkylation sites (tertiary alicyclic amines) is 1. The van der Waals surface area contributed by atoms with Gasteiger partial charge in [0.05, 0.1) is 18.3 Å². The molecule has 1 N–H and O–H groups in total. The average molecular weight is 276 g/mol. The molecular formula is C15H20N2O3. The summed E-state index contributed by atoms with van der Waals surface area (Å²) in [6.07, 6.45) is 1.51. The largest absolute Gasteiger partial charge is 0.462 e. The Balaban J connectivity index is 1.96. The Bertz CT molecular complexity index is 484. The lowest BCUT2D eigenvalue weighted by Gasteiger charge is -2.26. The van der Waals surface area contributed by atoms with E-state index in [0.29, 0.717) is 18.6 Å². The van der Waals surface area contributed by atoms with Gasteiger partial charge < -0.3 is 15.0 Å². The SMILES string of the molecule is CCOC(=O)c1ccc(NC(C)N2CCCC2=O)cc1. The highest BCUT2D eigenvalue weighted by atomic mass is 16.5. The molecule has 0 aliphatic carbocycles. The minimum Gasteiger partial charge on any atom is -0.462 e. The molecule has 1 amide bonds. The number of ether oxygens (including phenoxy) is 1. The Morgan fingerprint density at radius 1 is 1.40 bits per heavy atom. The predicted octanol–water partition coefficient (Wildman–Crippen LogP) is 2.24. The van der Waals surface area contributed by atoms with E-state index in [1.165, 1.54) is 0 Å². The van der Waals surface area contributed by atoms with Gasteiger partial charge in [-0.25, -0.2) is 4.79 Å². The third-order valence-corrected chi connectivity index (χ3v) is 3.35. The quantitative estimate of drug-likeness (QED) is 0.838. The normalized spacial score (nSPS) is 16.1. The van der Waals surface area contributed by atoms with Crippen molar-refractivity contribution in [3.63, 3.8) is 0 Å². The summed E-state index contributed by atoms with van der Waals surface area (Å²) in [6.45, 7) is 4.91. The van der Waals surface area contributed by atoms with E-state index in [9.17, 15) is 9.59 Å². The molecule has 1 aliphatic rings. The van der Waals surface area contributed by atoms with Crippen molar-refractivity contribution in [1.82, 2.24) is 4.90 Å². The van der Waals surface area contributed by atoms with E-state index in [1.54, 1.807) is 19.1 Å². The molecule has 0 spiro atoms. The summed E-state index contributed by atoms with van der Waals surface area (Å²) < 4.78 is 4.93. The molecule has 1 aliphatic heterocycles. The molecule has 5 heteroatoms. The fourth-order valence-electron chi connectivity index (χ4n) is 2.31. The number of hydrogen-bond acceptors (Lipinski definition) is 4. The van der Waals surface area contributed by atoms with E-state index in [1.807, 2.05) is 24.0 Å².